The van der Waals surface area contributed by atoms with Gasteiger partial charge >= 0.3 is 220 Å². The molecule has 4 heteroatoms. The van der Waals surface area contributed by atoms with Crippen LogP contribution in [0.5, 0.6) is 0 Å². The number of carbonyl (C=O) groups is 1. The second-order valence-electron chi connectivity index (χ2n) is 10.4. The first-order valence-electron chi connectivity index (χ1n) is 13.4. The van der Waals surface area contributed by atoms with Crippen molar-refractivity contribution in [3.8, 4) is 0 Å². The van der Waals surface area contributed by atoms with E-state index in [1.165, 1.54) is 35.2 Å². The molecule has 36 heavy (non-hydrogen) atoms. The maximum absolute atomic E-state index is 12.1. The van der Waals surface area contributed by atoms with Gasteiger partial charge in [0.05, 0.1) is 0 Å². The number of halogens is 1. The van der Waals surface area contributed by atoms with E-state index in [9.17, 15) is 4.79 Å². The van der Waals surface area contributed by atoms with Crippen molar-refractivity contribution in [1.29, 1.82) is 0 Å². The van der Waals surface area contributed by atoms with Crippen LogP contribution in [0.15, 0.2) is 91.0 Å². The molecule has 3 aromatic carbocycles. The predicted molar refractivity (Wildman–Crippen MR) is 162 cm³/mol. The van der Waals surface area contributed by atoms with E-state index < -0.39 is 5.31 Å². The Kier molecular flexibility index (Phi) is 10.3. The van der Waals surface area contributed by atoms with Gasteiger partial charge in [-0.25, -0.2) is 0 Å². The van der Waals surface area contributed by atoms with Crippen LogP contribution in [-0.4, -0.2) is 18.7 Å². The summed E-state index contributed by atoms with van der Waals surface area (Å²) in [6, 6.07) is 33.2. The molecule has 0 aromatic heterocycles. The first-order chi connectivity index (χ1) is 17.3. The number of benzene rings is 3. The Balaban J connectivity index is 1.69. The Morgan fingerprint density at radius 3 is 1.50 bits per heavy atom. The Labute approximate surface area is 226 Å². The van der Waals surface area contributed by atoms with Crippen LogP contribution < -0.4 is 15.9 Å². The first kappa shape index (κ1) is 28.6. The molecule has 0 aliphatic heterocycles. The molecule has 0 N–H and O–H groups in total. The summed E-state index contributed by atoms with van der Waals surface area (Å²) < 4.78 is 5.23. The van der Waals surface area contributed by atoms with Crippen molar-refractivity contribution >= 4 is 42.7 Å². The molecule has 0 aliphatic carbocycles. The minimum atomic E-state index is -2.80. The predicted octanol–water partition coefficient (Wildman–Crippen LogP) is 8.15. The van der Waals surface area contributed by atoms with Gasteiger partial charge in [0.15, 0.2) is 0 Å². The molecule has 0 saturated carbocycles. The fourth-order valence-corrected chi connectivity index (χ4v) is 12.9. The van der Waals surface area contributed by atoms with Crippen molar-refractivity contribution < 1.29 is 9.53 Å². The average molecular weight is 570 g/mol. The van der Waals surface area contributed by atoms with Crippen molar-refractivity contribution in [2.24, 2.45) is 5.41 Å². The second-order valence-corrected chi connectivity index (χ2v) is 19.4. The van der Waals surface area contributed by atoms with E-state index in [1.54, 1.807) is 0 Å². The molecule has 3 aromatic rings. The normalized spacial score (nSPS) is 13.1. The van der Waals surface area contributed by atoms with Gasteiger partial charge in [0.1, 0.15) is 0 Å². The van der Waals surface area contributed by atoms with Crippen LogP contribution in [0.4, 0.5) is 0 Å². The number of rotatable bonds is 14. The average Bonchev–Trinajstić information content (AvgIpc) is 2.92. The molecule has 0 unspecified atom stereocenters. The SMILES string of the molecule is CCOC(=O)C(C)(C)CCCCCCCCP(Br)(c1ccccc1)(c1ccccc1)c1ccccc1. The van der Waals surface area contributed by atoms with Gasteiger partial charge in [0.25, 0.3) is 0 Å². The molecule has 0 spiro atoms. The zero-order valence-corrected chi connectivity index (χ0v) is 24.6. The standard InChI is InChI=1S/C32H42BrO2P/c1-4-35-31(34)32(2,3)26-18-7-5-6-8-19-27-36(33,28-20-12-9-13-21-28,29-22-14-10-15-23-29)30-24-16-11-17-25-30/h9-17,20-25H,4-8,18-19,26-27H2,1-3H3. The molecule has 2 nitrogen and oxygen atoms in total. The van der Waals surface area contributed by atoms with Crippen LogP contribution in [0.25, 0.3) is 0 Å². The summed E-state index contributed by atoms with van der Waals surface area (Å²) in [6.45, 7) is 6.33. The van der Waals surface area contributed by atoms with E-state index >= 15 is 0 Å². The summed E-state index contributed by atoms with van der Waals surface area (Å²) in [6.07, 6.45) is 9.02. The quantitative estimate of drug-likeness (QED) is 0.111. The molecular weight excluding hydrogens is 527 g/mol. The minimum absolute atomic E-state index is 0.0728. The summed E-state index contributed by atoms with van der Waals surface area (Å²) >= 11 is 4.55. The van der Waals surface area contributed by atoms with E-state index in [0.29, 0.717) is 6.61 Å². The van der Waals surface area contributed by atoms with Gasteiger partial charge in [0, 0.05) is 0 Å². The van der Waals surface area contributed by atoms with E-state index in [2.05, 4.69) is 106 Å². The monoisotopic (exact) mass is 568 g/mol. The summed E-state index contributed by atoms with van der Waals surface area (Å²) in [7, 11) is 0. The second kappa shape index (κ2) is 13.0. The molecule has 0 aliphatic rings. The fourth-order valence-electron chi connectivity index (χ4n) is 5.16. The zero-order valence-electron chi connectivity index (χ0n) is 22.2. The summed E-state index contributed by atoms with van der Waals surface area (Å²) in [5.41, 5.74) is -0.385. The molecule has 194 valence electrons. The van der Waals surface area contributed by atoms with Crippen LogP contribution in [0.3, 0.4) is 0 Å². The number of hydrogen-bond donors (Lipinski definition) is 0. The van der Waals surface area contributed by atoms with Crippen molar-refractivity contribution in [2.45, 2.75) is 65.7 Å². The van der Waals surface area contributed by atoms with Crippen molar-refractivity contribution in [1.82, 2.24) is 0 Å². The van der Waals surface area contributed by atoms with Crippen LogP contribution >= 0.6 is 20.8 Å². The summed E-state index contributed by atoms with van der Waals surface area (Å²) in [5.74, 6) is -0.0728. The number of ether oxygens (including phenoxy) is 1. The number of carbonyl (C=O) groups excluding carboxylic acids is 1. The van der Waals surface area contributed by atoms with Gasteiger partial charge in [-0.2, -0.15) is 0 Å². The van der Waals surface area contributed by atoms with Crippen LogP contribution in [0.2, 0.25) is 0 Å². The third-order valence-electron chi connectivity index (χ3n) is 7.34. The van der Waals surface area contributed by atoms with Gasteiger partial charge in [0.2, 0.25) is 0 Å². The van der Waals surface area contributed by atoms with E-state index in [-0.39, 0.29) is 11.4 Å². The summed E-state index contributed by atoms with van der Waals surface area (Å²) in [4.78, 5) is 12.1. The number of unbranched alkanes of at least 4 members (excludes halogenated alkanes) is 5. The number of esters is 1. The van der Waals surface area contributed by atoms with Gasteiger partial charge in [-0.05, 0) is 6.92 Å². The Bertz CT molecular complexity index is 968. The molecule has 3 rings (SSSR count). The Hall–Kier alpha value is -1.96. The molecular formula is C32H42BrO2P. The molecule has 0 radical (unpaired) electrons. The topological polar surface area (TPSA) is 26.3 Å². The van der Waals surface area contributed by atoms with Crippen LogP contribution in [0, 0.1) is 5.41 Å². The molecule has 0 heterocycles. The molecule has 0 amide bonds. The van der Waals surface area contributed by atoms with Gasteiger partial charge < -0.3 is 0 Å². The molecule has 0 atom stereocenters. The van der Waals surface area contributed by atoms with Crippen molar-refractivity contribution in [3.05, 3.63) is 91.0 Å². The van der Waals surface area contributed by atoms with Gasteiger partial charge in [-0.3, -0.25) is 0 Å². The molecule has 0 saturated heterocycles. The zero-order chi connectivity index (χ0) is 25.9. The van der Waals surface area contributed by atoms with Gasteiger partial charge in [-0.15, -0.1) is 0 Å². The maximum atomic E-state index is 12.1. The van der Waals surface area contributed by atoms with E-state index in [1.807, 2.05) is 20.8 Å². The van der Waals surface area contributed by atoms with Crippen molar-refractivity contribution in [2.75, 3.05) is 12.8 Å². The molecule has 0 fully saturated rings. The fraction of sp³-hybridized carbons (Fsp3) is 0.406. The van der Waals surface area contributed by atoms with Gasteiger partial charge in [-0.1, -0.05) is 0 Å². The Morgan fingerprint density at radius 1 is 0.694 bits per heavy atom. The van der Waals surface area contributed by atoms with Crippen LogP contribution in [0.1, 0.15) is 65.7 Å². The van der Waals surface area contributed by atoms with Crippen LogP contribution in [-0.2, 0) is 9.53 Å². The molecule has 0 bridgehead atoms. The van der Waals surface area contributed by atoms with E-state index in [4.69, 9.17) is 4.74 Å². The van der Waals surface area contributed by atoms with E-state index in [0.717, 1.165) is 31.8 Å². The summed E-state index contributed by atoms with van der Waals surface area (Å²) in [5, 5.41) is 1.37. The first-order valence-corrected chi connectivity index (χ1v) is 17.8. The number of hydrogen-bond acceptors (Lipinski definition) is 2. The third-order valence-corrected chi connectivity index (χ3v) is 17.4. The Morgan fingerprint density at radius 2 is 1.08 bits per heavy atom. The van der Waals surface area contributed by atoms with Crippen molar-refractivity contribution in [3.63, 3.8) is 0 Å². The third kappa shape index (κ3) is 6.48.